The van der Waals surface area contributed by atoms with Gasteiger partial charge in [0, 0.05) is 25.5 Å². The molecule has 1 heterocycles. The van der Waals surface area contributed by atoms with Gasteiger partial charge in [0.2, 0.25) is 0 Å². The van der Waals surface area contributed by atoms with Gasteiger partial charge in [-0.25, -0.2) is 9.78 Å². The molecule has 0 spiro atoms. The van der Waals surface area contributed by atoms with E-state index in [1.807, 2.05) is 0 Å². The predicted molar refractivity (Wildman–Crippen MR) is 65.8 cm³/mol. The van der Waals surface area contributed by atoms with E-state index in [4.69, 9.17) is 5.11 Å². The number of rotatable bonds is 7. The molecule has 96 valence electrons. The summed E-state index contributed by atoms with van der Waals surface area (Å²) in [5.74, 6) is 0. The Morgan fingerprint density at radius 3 is 2.76 bits per heavy atom. The minimum atomic E-state index is -0.118. The molecule has 1 rings (SSSR count). The minimum Gasteiger partial charge on any atom is -0.395 e. The molecule has 1 aromatic rings. The molecular formula is C12H21N3O2. The second kappa shape index (κ2) is 7.84. The lowest BCUT2D eigenvalue weighted by molar-refractivity contribution is 0.177. The predicted octanol–water partition coefficient (Wildman–Crippen LogP) is 1.73. The molecule has 0 aliphatic rings. The number of imidazole rings is 1. The van der Waals surface area contributed by atoms with E-state index in [0.29, 0.717) is 13.1 Å². The molecule has 1 aromatic heterocycles. The molecule has 0 saturated heterocycles. The summed E-state index contributed by atoms with van der Waals surface area (Å²) < 4.78 is 1.44. The van der Waals surface area contributed by atoms with Gasteiger partial charge >= 0.3 is 6.03 Å². The monoisotopic (exact) mass is 239 g/mol. The van der Waals surface area contributed by atoms with Gasteiger partial charge in [-0.3, -0.25) is 4.57 Å². The first-order valence-corrected chi connectivity index (χ1v) is 6.17. The maximum atomic E-state index is 12.0. The Bertz CT molecular complexity index is 312. The van der Waals surface area contributed by atoms with Gasteiger partial charge < -0.3 is 10.0 Å². The highest BCUT2D eigenvalue weighted by atomic mass is 16.3. The van der Waals surface area contributed by atoms with Gasteiger partial charge in [0.15, 0.2) is 0 Å². The molecule has 0 radical (unpaired) electrons. The van der Waals surface area contributed by atoms with E-state index in [1.165, 1.54) is 23.7 Å². The number of carbonyl (C=O) groups excluding carboxylic acids is 1. The molecule has 0 aromatic carbocycles. The van der Waals surface area contributed by atoms with Gasteiger partial charge in [-0.1, -0.05) is 26.2 Å². The Balaban J connectivity index is 2.44. The summed E-state index contributed by atoms with van der Waals surface area (Å²) in [4.78, 5) is 17.5. The molecule has 5 nitrogen and oxygen atoms in total. The van der Waals surface area contributed by atoms with Crippen molar-refractivity contribution in [1.82, 2.24) is 14.5 Å². The topological polar surface area (TPSA) is 58.4 Å². The standard InChI is InChI=1S/C12H21N3O2/c1-2-3-4-5-7-14(9-10-16)12(17)15-8-6-13-11-15/h6,8,11,16H,2-5,7,9-10H2,1H3. The molecule has 0 bridgehead atoms. The highest BCUT2D eigenvalue weighted by Crippen LogP contribution is 2.03. The largest absolute Gasteiger partial charge is 0.395 e. The summed E-state index contributed by atoms with van der Waals surface area (Å²) in [7, 11) is 0. The third kappa shape index (κ3) is 4.56. The van der Waals surface area contributed by atoms with Crippen molar-refractivity contribution in [3.05, 3.63) is 18.7 Å². The van der Waals surface area contributed by atoms with Gasteiger partial charge in [0.1, 0.15) is 6.33 Å². The Hall–Kier alpha value is -1.36. The van der Waals surface area contributed by atoms with E-state index in [2.05, 4.69) is 11.9 Å². The molecule has 0 unspecified atom stereocenters. The van der Waals surface area contributed by atoms with E-state index in [1.54, 1.807) is 17.3 Å². The summed E-state index contributed by atoms with van der Waals surface area (Å²) in [5, 5.41) is 8.97. The summed E-state index contributed by atoms with van der Waals surface area (Å²) in [6.45, 7) is 3.22. The first-order chi connectivity index (χ1) is 8.29. The lowest BCUT2D eigenvalue weighted by atomic mass is 10.2. The number of aliphatic hydroxyl groups is 1. The van der Waals surface area contributed by atoms with Gasteiger partial charge in [0.05, 0.1) is 6.61 Å². The Morgan fingerprint density at radius 1 is 1.35 bits per heavy atom. The van der Waals surface area contributed by atoms with Gasteiger partial charge in [-0.05, 0) is 6.42 Å². The van der Waals surface area contributed by atoms with Crippen LogP contribution in [-0.2, 0) is 0 Å². The number of aliphatic hydroxyl groups excluding tert-OH is 1. The van der Waals surface area contributed by atoms with E-state index in [-0.39, 0.29) is 12.6 Å². The highest BCUT2D eigenvalue weighted by molar-refractivity contribution is 5.76. The van der Waals surface area contributed by atoms with Crippen LogP contribution in [0.15, 0.2) is 18.7 Å². The van der Waals surface area contributed by atoms with Gasteiger partial charge in [0.25, 0.3) is 0 Å². The number of hydrogen-bond donors (Lipinski definition) is 1. The Labute approximate surface area is 102 Å². The summed E-state index contributed by atoms with van der Waals surface area (Å²) in [5.41, 5.74) is 0. The van der Waals surface area contributed by atoms with Crippen LogP contribution >= 0.6 is 0 Å². The number of unbranched alkanes of at least 4 members (excludes halogenated alkanes) is 3. The van der Waals surface area contributed by atoms with E-state index in [0.717, 1.165) is 12.8 Å². The first kappa shape index (κ1) is 13.7. The quantitative estimate of drug-likeness (QED) is 0.737. The van der Waals surface area contributed by atoms with Crippen LogP contribution in [0.4, 0.5) is 4.79 Å². The Kier molecular flexibility index (Phi) is 6.32. The molecular weight excluding hydrogens is 218 g/mol. The molecule has 0 saturated carbocycles. The molecule has 17 heavy (non-hydrogen) atoms. The van der Waals surface area contributed by atoms with Crippen molar-refractivity contribution >= 4 is 6.03 Å². The van der Waals surface area contributed by atoms with Crippen LogP contribution in [0.25, 0.3) is 0 Å². The van der Waals surface area contributed by atoms with E-state index in [9.17, 15) is 4.79 Å². The van der Waals surface area contributed by atoms with E-state index >= 15 is 0 Å². The van der Waals surface area contributed by atoms with Crippen molar-refractivity contribution in [3.8, 4) is 0 Å². The number of carbonyl (C=O) groups is 1. The van der Waals surface area contributed by atoms with Crippen LogP contribution in [0.2, 0.25) is 0 Å². The molecule has 0 fully saturated rings. The molecule has 0 atom stereocenters. The van der Waals surface area contributed by atoms with Crippen LogP contribution < -0.4 is 0 Å². The molecule has 1 amide bonds. The zero-order valence-electron chi connectivity index (χ0n) is 10.4. The Morgan fingerprint density at radius 2 is 2.18 bits per heavy atom. The second-order valence-corrected chi connectivity index (χ2v) is 4.02. The molecule has 5 heteroatoms. The van der Waals surface area contributed by atoms with Crippen molar-refractivity contribution in [2.45, 2.75) is 32.6 Å². The van der Waals surface area contributed by atoms with Crippen molar-refractivity contribution < 1.29 is 9.90 Å². The van der Waals surface area contributed by atoms with Gasteiger partial charge in [-0.15, -0.1) is 0 Å². The smallest absolute Gasteiger partial charge is 0.329 e. The van der Waals surface area contributed by atoms with E-state index < -0.39 is 0 Å². The maximum Gasteiger partial charge on any atom is 0.329 e. The van der Waals surface area contributed by atoms with Crippen LogP contribution in [0.1, 0.15) is 32.6 Å². The average molecular weight is 239 g/mol. The highest BCUT2D eigenvalue weighted by Gasteiger charge is 2.13. The summed E-state index contributed by atoms with van der Waals surface area (Å²) in [6, 6.07) is -0.118. The fourth-order valence-corrected chi connectivity index (χ4v) is 1.69. The van der Waals surface area contributed by atoms with Gasteiger partial charge in [-0.2, -0.15) is 0 Å². The number of amides is 1. The maximum absolute atomic E-state index is 12.0. The fourth-order valence-electron chi connectivity index (χ4n) is 1.69. The molecule has 0 aliphatic carbocycles. The number of nitrogens with zero attached hydrogens (tertiary/aromatic N) is 3. The molecule has 0 aliphatic heterocycles. The van der Waals surface area contributed by atoms with Crippen molar-refractivity contribution in [3.63, 3.8) is 0 Å². The summed E-state index contributed by atoms with van der Waals surface area (Å²) >= 11 is 0. The molecule has 1 N–H and O–H groups in total. The zero-order valence-corrected chi connectivity index (χ0v) is 10.4. The fraction of sp³-hybridized carbons (Fsp3) is 0.667. The van der Waals surface area contributed by atoms with Crippen LogP contribution in [0, 0.1) is 0 Å². The lowest BCUT2D eigenvalue weighted by Gasteiger charge is -2.21. The second-order valence-electron chi connectivity index (χ2n) is 4.02. The zero-order chi connectivity index (χ0) is 12.5. The summed E-state index contributed by atoms with van der Waals surface area (Å²) in [6.07, 6.45) is 9.15. The normalized spacial score (nSPS) is 10.5. The van der Waals surface area contributed by atoms with Crippen LogP contribution in [0.5, 0.6) is 0 Å². The average Bonchev–Trinajstić information content (AvgIpc) is 2.86. The third-order valence-electron chi connectivity index (χ3n) is 2.65. The van der Waals surface area contributed by atoms with Crippen molar-refractivity contribution in [2.75, 3.05) is 19.7 Å². The first-order valence-electron chi connectivity index (χ1n) is 6.17. The van der Waals surface area contributed by atoms with Crippen molar-refractivity contribution in [2.24, 2.45) is 0 Å². The minimum absolute atomic E-state index is 0.00574. The third-order valence-corrected chi connectivity index (χ3v) is 2.65. The SMILES string of the molecule is CCCCCCN(CCO)C(=O)n1ccnc1. The lowest BCUT2D eigenvalue weighted by Crippen LogP contribution is -2.37. The van der Waals surface area contributed by atoms with Crippen LogP contribution in [-0.4, -0.2) is 45.3 Å². The number of aromatic nitrogens is 2. The number of hydrogen-bond acceptors (Lipinski definition) is 3. The van der Waals surface area contributed by atoms with Crippen molar-refractivity contribution in [1.29, 1.82) is 0 Å². The van der Waals surface area contributed by atoms with Crippen LogP contribution in [0.3, 0.4) is 0 Å².